The van der Waals surface area contributed by atoms with E-state index in [-0.39, 0.29) is 17.9 Å². The quantitative estimate of drug-likeness (QED) is 0.319. The maximum Gasteiger partial charge on any atom is 0.272 e. The third-order valence-corrected chi connectivity index (χ3v) is 6.60. The molecular formula is C22H19FN2OS2. The summed E-state index contributed by atoms with van der Waals surface area (Å²) < 4.78 is 16.4. The molecule has 4 aromatic rings. The van der Waals surface area contributed by atoms with E-state index >= 15 is 0 Å². The highest BCUT2D eigenvalue weighted by Crippen LogP contribution is 2.26. The van der Waals surface area contributed by atoms with Crippen molar-refractivity contribution >= 4 is 33.3 Å². The van der Waals surface area contributed by atoms with E-state index in [0.29, 0.717) is 26.7 Å². The Morgan fingerprint density at radius 2 is 1.93 bits per heavy atom. The van der Waals surface area contributed by atoms with Gasteiger partial charge < -0.3 is 0 Å². The highest BCUT2D eigenvalue weighted by atomic mass is 32.2. The number of fused-ring (bicyclic) bond motifs is 1. The fraction of sp³-hybridized carbons (Fsp3) is 0.182. The van der Waals surface area contributed by atoms with Gasteiger partial charge in [0.1, 0.15) is 10.5 Å². The first kappa shape index (κ1) is 18.9. The minimum atomic E-state index is -0.314. The molecule has 142 valence electrons. The van der Waals surface area contributed by atoms with Gasteiger partial charge in [-0.2, -0.15) is 0 Å². The maximum absolute atomic E-state index is 14.2. The molecule has 0 N–H and O–H groups in total. The van der Waals surface area contributed by atoms with E-state index in [0.717, 1.165) is 0 Å². The molecule has 0 bridgehead atoms. The van der Waals surface area contributed by atoms with Gasteiger partial charge in [0.2, 0.25) is 0 Å². The van der Waals surface area contributed by atoms with Gasteiger partial charge in [0.05, 0.1) is 12.1 Å². The minimum Gasteiger partial charge on any atom is -0.282 e. The van der Waals surface area contributed by atoms with Crippen molar-refractivity contribution in [2.45, 2.75) is 31.3 Å². The van der Waals surface area contributed by atoms with Crippen molar-refractivity contribution in [3.05, 3.63) is 92.3 Å². The van der Waals surface area contributed by atoms with Crippen LogP contribution in [0, 0.1) is 19.7 Å². The molecular weight excluding hydrogens is 391 g/mol. The van der Waals surface area contributed by atoms with Crippen molar-refractivity contribution in [2.75, 3.05) is 0 Å². The fourth-order valence-electron chi connectivity index (χ4n) is 3.07. The second kappa shape index (κ2) is 7.89. The number of aromatic nitrogens is 2. The molecule has 0 aliphatic carbocycles. The summed E-state index contributed by atoms with van der Waals surface area (Å²) in [6.07, 6.45) is 0. The monoisotopic (exact) mass is 410 g/mol. The summed E-state index contributed by atoms with van der Waals surface area (Å²) in [6, 6.07) is 14.8. The largest absolute Gasteiger partial charge is 0.282 e. The number of benzene rings is 2. The number of hydrogen-bond acceptors (Lipinski definition) is 4. The van der Waals surface area contributed by atoms with Crippen LogP contribution >= 0.6 is 23.1 Å². The van der Waals surface area contributed by atoms with Crippen LogP contribution in [0.2, 0.25) is 0 Å². The van der Waals surface area contributed by atoms with E-state index in [2.05, 4.69) is 32.0 Å². The van der Waals surface area contributed by atoms with Crippen LogP contribution in [0.4, 0.5) is 4.39 Å². The molecule has 0 radical (unpaired) electrons. The second-order valence-corrected chi connectivity index (χ2v) is 8.59. The summed E-state index contributed by atoms with van der Waals surface area (Å²) >= 11 is 2.89. The van der Waals surface area contributed by atoms with Crippen molar-refractivity contribution in [3.63, 3.8) is 0 Å². The van der Waals surface area contributed by atoms with Crippen LogP contribution in [0.15, 0.2) is 63.9 Å². The molecule has 28 heavy (non-hydrogen) atoms. The summed E-state index contributed by atoms with van der Waals surface area (Å²) in [5.41, 5.74) is 4.68. The molecule has 2 aromatic heterocycles. The number of halogens is 1. The SMILES string of the molecule is Cc1ccc(C)c(CSc2nc3ccsc3c(=O)n2Cc2ccccc2F)c1. The van der Waals surface area contributed by atoms with Crippen molar-refractivity contribution in [2.24, 2.45) is 0 Å². The molecule has 3 nitrogen and oxygen atoms in total. The molecule has 4 rings (SSSR count). The number of rotatable bonds is 5. The second-order valence-electron chi connectivity index (χ2n) is 6.73. The molecule has 2 heterocycles. The standard InChI is InChI=1S/C22H19FN2OS2/c1-14-7-8-15(2)17(11-14)13-28-22-24-19-9-10-27-20(19)21(26)25(22)12-16-5-3-4-6-18(16)23/h3-11H,12-13H2,1-2H3. The molecule has 0 aliphatic rings. The topological polar surface area (TPSA) is 34.9 Å². The van der Waals surface area contributed by atoms with Crippen LogP contribution in [0.25, 0.3) is 10.2 Å². The molecule has 0 saturated heterocycles. The van der Waals surface area contributed by atoms with Crippen molar-refractivity contribution in [1.29, 1.82) is 0 Å². The zero-order valence-corrected chi connectivity index (χ0v) is 17.2. The lowest BCUT2D eigenvalue weighted by Gasteiger charge is -2.13. The Balaban J connectivity index is 1.75. The zero-order valence-electron chi connectivity index (χ0n) is 15.6. The predicted molar refractivity (Wildman–Crippen MR) is 115 cm³/mol. The van der Waals surface area contributed by atoms with Gasteiger partial charge in [-0.15, -0.1) is 11.3 Å². The van der Waals surface area contributed by atoms with Crippen LogP contribution in [-0.4, -0.2) is 9.55 Å². The predicted octanol–water partition coefficient (Wildman–Crippen LogP) is 5.55. The maximum atomic E-state index is 14.2. The van der Waals surface area contributed by atoms with E-state index in [1.54, 1.807) is 22.8 Å². The Labute approximate surface area is 170 Å². The number of thiophene rings is 1. The first-order valence-electron chi connectivity index (χ1n) is 8.93. The Bertz CT molecular complexity index is 1210. The van der Waals surface area contributed by atoms with Crippen molar-refractivity contribution in [3.8, 4) is 0 Å². The summed E-state index contributed by atoms with van der Waals surface area (Å²) in [5, 5.41) is 2.48. The molecule has 0 aliphatic heterocycles. The highest BCUT2D eigenvalue weighted by Gasteiger charge is 2.15. The van der Waals surface area contributed by atoms with Crippen LogP contribution in [0.5, 0.6) is 0 Å². The first-order chi connectivity index (χ1) is 13.5. The van der Waals surface area contributed by atoms with Crippen LogP contribution in [-0.2, 0) is 12.3 Å². The van der Waals surface area contributed by atoms with E-state index in [9.17, 15) is 9.18 Å². The van der Waals surface area contributed by atoms with Gasteiger partial charge in [-0.1, -0.05) is 53.7 Å². The summed E-state index contributed by atoms with van der Waals surface area (Å²) in [6.45, 7) is 4.32. The lowest BCUT2D eigenvalue weighted by Crippen LogP contribution is -2.23. The van der Waals surface area contributed by atoms with Gasteiger partial charge in [0.15, 0.2) is 5.16 Å². The number of hydrogen-bond donors (Lipinski definition) is 0. The van der Waals surface area contributed by atoms with Gasteiger partial charge in [0.25, 0.3) is 5.56 Å². The molecule has 0 amide bonds. The van der Waals surface area contributed by atoms with Gasteiger partial charge >= 0.3 is 0 Å². The average molecular weight is 411 g/mol. The Kier molecular flexibility index (Phi) is 5.33. The van der Waals surface area contributed by atoms with E-state index in [1.165, 1.54) is 45.9 Å². The lowest BCUT2D eigenvalue weighted by molar-refractivity contribution is 0.580. The molecule has 2 aromatic carbocycles. The summed E-state index contributed by atoms with van der Waals surface area (Å²) in [7, 11) is 0. The number of thioether (sulfide) groups is 1. The van der Waals surface area contributed by atoms with Crippen molar-refractivity contribution < 1.29 is 4.39 Å². The van der Waals surface area contributed by atoms with Crippen LogP contribution < -0.4 is 5.56 Å². The third-order valence-electron chi connectivity index (χ3n) is 4.68. The van der Waals surface area contributed by atoms with E-state index < -0.39 is 0 Å². The fourth-order valence-corrected chi connectivity index (χ4v) is 4.91. The Morgan fingerprint density at radius 3 is 2.75 bits per heavy atom. The lowest BCUT2D eigenvalue weighted by atomic mass is 10.1. The molecule has 0 spiro atoms. The third kappa shape index (κ3) is 3.75. The van der Waals surface area contributed by atoms with Gasteiger partial charge in [-0.3, -0.25) is 9.36 Å². The number of aryl methyl sites for hydroxylation is 2. The van der Waals surface area contributed by atoms with E-state index in [1.807, 2.05) is 11.4 Å². The molecule has 0 unspecified atom stereocenters. The Hall–Kier alpha value is -2.44. The summed E-state index contributed by atoms with van der Waals surface area (Å²) in [4.78, 5) is 17.8. The Morgan fingerprint density at radius 1 is 1.11 bits per heavy atom. The van der Waals surface area contributed by atoms with Gasteiger partial charge in [-0.25, -0.2) is 9.37 Å². The van der Waals surface area contributed by atoms with Crippen LogP contribution in [0.3, 0.4) is 0 Å². The molecule has 0 fully saturated rings. The molecule has 6 heteroatoms. The first-order valence-corrected chi connectivity index (χ1v) is 10.8. The average Bonchev–Trinajstić information content (AvgIpc) is 3.15. The molecule has 0 saturated carbocycles. The minimum absolute atomic E-state index is 0.119. The van der Waals surface area contributed by atoms with Crippen LogP contribution in [0.1, 0.15) is 22.3 Å². The van der Waals surface area contributed by atoms with Gasteiger partial charge in [-0.05, 0) is 42.5 Å². The zero-order chi connectivity index (χ0) is 19.7. The number of nitrogens with zero attached hydrogens (tertiary/aromatic N) is 2. The normalized spacial score (nSPS) is 11.2. The smallest absolute Gasteiger partial charge is 0.272 e. The van der Waals surface area contributed by atoms with Crippen molar-refractivity contribution in [1.82, 2.24) is 9.55 Å². The van der Waals surface area contributed by atoms with E-state index in [4.69, 9.17) is 4.98 Å². The molecule has 0 atom stereocenters. The summed E-state index contributed by atoms with van der Waals surface area (Å²) in [5.74, 6) is 0.388. The highest BCUT2D eigenvalue weighted by molar-refractivity contribution is 7.98. The van der Waals surface area contributed by atoms with Gasteiger partial charge in [0, 0.05) is 11.3 Å².